The van der Waals surface area contributed by atoms with E-state index in [1.165, 1.54) is 0 Å². The van der Waals surface area contributed by atoms with Gasteiger partial charge in [0, 0.05) is 50.9 Å². The van der Waals surface area contributed by atoms with Gasteiger partial charge in [0.25, 0.3) is 5.91 Å². The van der Waals surface area contributed by atoms with Crippen LogP contribution in [0.5, 0.6) is 0 Å². The third-order valence-electron chi connectivity index (χ3n) is 4.97. The lowest BCUT2D eigenvalue weighted by molar-refractivity contribution is -0.123. The van der Waals surface area contributed by atoms with E-state index >= 15 is 0 Å². The van der Waals surface area contributed by atoms with Crippen LogP contribution in [0, 0.1) is 0 Å². The monoisotopic (exact) mass is 396 g/mol. The van der Waals surface area contributed by atoms with E-state index in [9.17, 15) is 9.59 Å². The summed E-state index contributed by atoms with van der Waals surface area (Å²) in [5.41, 5.74) is 1.67. The zero-order chi connectivity index (χ0) is 18.4. The van der Waals surface area contributed by atoms with E-state index in [0.717, 1.165) is 25.2 Å². The van der Waals surface area contributed by atoms with Crippen LogP contribution in [-0.4, -0.2) is 80.1 Å². The first kappa shape index (κ1) is 21.6. The van der Waals surface area contributed by atoms with Gasteiger partial charge in [-0.05, 0) is 24.6 Å². The van der Waals surface area contributed by atoms with Crippen molar-refractivity contribution in [2.45, 2.75) is 19.5 Å². The van der Waals surface area contributed by atoms with Crippen molar-refractivity contribution >= 4 is 24.2 Å². The highest BCUT2D eigenvalue weighted by molar-refractivity contribution is 5.94. The van der Waals surface area contributed by atoms with Gasteiger partial charge in [-0.25, -0.2) is 0 Å². The van der Waals surface area contributed by atoms with Crippen LogP contribution in [0.3, 0.4) is 0 Å². The maximum atomic E-state index is 12.4. The van der Waals surface area contributed by atoms with Crippen molar-refractivity contribution in [2.24, 2.45) is 0 Å². The molecule has 2 heterocycles. The van der Waals surface area contributed by atoms with E-state index < -0.39 is 0 Å². The summed E-state index contributed by atoms with van der Waals surface area (Å²) < 4.78 is 5.28. The summed E-state index contributed by atoms with van der Waals surface area (Å²) in [6.45, 7) is 8.26. The first-order valence-electron chi connectivity index (χ1n) is 9.31. The van der Waals surface area contributed by atoms with Gasteiger partial charge in [-0.1, -0.05) is 12.1 Å². The van der Waals surface area contributed by atoms with E-state index in [-0.39, 0.29) is 24.2 Å². The van der Waals surface area contributed by atoms with Crippen molar-refractivity contribution in [3.05, 3.63) is 35.4 Å². The van der Waals surface area contributed by atoms with Crippen molar-refractivity contribution in [1.82, 2.24) is 20.4 Å². The Labute approximate surface area is 166 Å². The Hall–Kier alpha value is -1.67. The fourth-order valence-corrected chi connectivity index (χ4v) is 3.27. The summed E-state index contributed by atoms with van der Waals surface area (Å²) >= 11 is 0. The molecule has 2 amide bonds. The van der Waals surface area contributed by atoms with E-state index in [1.807, 2.05) is 29.2 Å². The summed E-state index contributed by atoms with van der Waals surface area (Å²) in [5, 5.41) is 6.29. The largest absolute Gasteiger partial charge is 0.378 e. The SMILES string of the molecule is C[C@@H]1CNCCN1CC(=O)NCc1ccc(C(=O)N2CCOCC2)cc1.Cl. The summed E-state index contributed by atoms with van der Waals surface area (Å²) in [6, 6.07) is 7.85. The average Bonchev–Trinajstić information content (AvgIpc) is 2.69. The first-order chi connectivity index (χ1) is 12.6. The van der Waals surface area contributed by atoms with Crippen LogP contribution in [0.15, 0.2) is 24.3 Å². The molecule has 2 N–H and O–H groups in total. The van der Waals surface area contributed by atoms with Crippen LogP contribution in [0.25, 0.3) is 0 Å². The molecule has 2 aliphatic rings. The van der Waals surface area contributed by atoms with Gasteiger partial charge in [-0.15, -0.1) is 12.4 Å². The number of ether oxygens (including phenoxy) is 1. The number of amides is 2. The van der Waals surface area contributed by atoms with Crippen LogP contribution >= 0.6 is 12.4 Å². The summed E-state index contributed by atoms with van der Waals surface area (Å²) in [5.74, 6) is 0.0730. The topological polar surface area (TPSA) is 73.9 Å². The highest BCUT2D eigenvalue weighted by Crippen LogP contribution is 2.10. The van der Waals surface area contributed by atoms with Crippen LogP contribution in [0.2, 0.25) is 0 Å². The minimum Gasteiger partial charge on any atom is -0.378 e. The minimum atomic E-state index is 0. The Morgan fingerprint density at radius 3 is 2.56 bits per heavy atom. The zero-order valence-corrected chi connectivity index (χ0v) is 16.6. The maximum absolute atomic E-state index is 12.4. The number of nitrogens with one attached hydrogen (secondary N) is 2. The molecule has 0 spiro atoms. The molecule has 3 rings (SSSR count). The molecule has 2 saturated heterocycles. The fraction of sp³-hybridized carbons (Fsp3) is 0.579. The Kier molecular flexibility index (Phi) is 8.50. The molecule has 0 radical (unpaired) electrons. The summed E-state index contributed by atoms with van der Waals surface area (Å²) in [7, 11) is 0. The molecule has 0 aliphatic carbocycles. The van der Waals surface area contributed by atoms with Crippen molar-refractivity contribution in [1.29, 1.82) is 0 Å². The Bertz CT molecular complexity index is 620. The minimum absolute atomic E-state index is 0. The van der Waals surface area contributed by atoms with Crippen molar-refractivity contribution < 1.29 is 14.3 Å². The second-order valence-electron chi connectivity index (χ2n) is 6.90. The van der Waals surface area contributed by atoms with Crippen LogP contribution in [0.1, 0.15) is 22.8 Å². The lowest BCUT2D eigenvalue weighted by Crippen LogP contribution is -2.52. The smallest absolute Gasteiger partial charge is 0.254 e. The Morgan fingerprint density at radius 2 is 1.89 bits per heavy atom. The van der Waals surface area contributed by atoms with Crippen molar-refractivity contribution in [3.63, 3.8) is 0 Å². The number of hydrogen-bond donors (Lipinski definition) is 2. The van der Waals surface area contributed by atoms with Gasteiger partial charge in [-0.2, -0.15) is 0 Å². The number of piperazine rings is 1. The number of nitrogens with zero attached hydrogens (tertiary/aromatic N) is 2. The molecule has 0 aromatic heterocycles. The Morgan fingerprint density at radius 1 is 1.19 bits per heavy atom. The molecular weight excluding hydrogens is 368 g/mol. The van der Waals surface area contributed by atoms with E-state index in [1.54, 1.807) is 0 Å². The highest BCUT2D eigenvalue weighted by Gasteiger charge is 2.20. The molecule has 1 atom stereocenters. The van der Waals surface area contributed by atoms with Gasteiger partial charge in [0.15, 0.2) is 0 Å². The van der Waals surface area contributed by atoms with E-state index in [0.29, 0.717) is 51.0 Å². The van der Waals surface area contributed by atoms with Crippen LogP contribution in [0.4, 0.5) is 0 Å². The average molecular weight is 397 g/mol. The molecule has 150 valence electrons. The van der Waals surface area contributed by atoms with Gasteiger partial charge in [0.05, 0.1) is 19.8 Å². The second kappa shape index (κ2) is 10.6. The molecular formula is C19H29ClN4O3. The van der Waals surface area contributed by atoms with Crippen LogP contribution in [-0.2, 0) is 16.1 Å². The lowest BCUT2D eigenvalue weighted by atomic mass is 10.1. The number of morpholine rings is 1. The van der Waals surface area contributed by atoms with Gasteiger partial charge in [-0.3, -0.25) is 14.5 Å². The molecule has 2 fully saturated rings. The summed E-state index contributed by atoms with van der Waals surface area (Å²) in [4.78, 5) is 28.6. The normalized spacial score (nSPS) is 20.6. The lowest BCUT2D eigenvalue weighted by Gasteiger charge is -2.33. The molecule has 7 nitrogen and oxygen atoms in total. The molecule has 0 bridgehead atoms. The van der Waals surface area contributed by atoms with Gasteiger partial charge in [0.2, 0.25) is 5.91 Å². The molecule has 2 aliphatic heterocycles. The van der Waals surface area contributed by atoms with E-state index in [4.69, 9.17) is 4.74 Å². The zero-order valence-electron chi connectivity index (χ0n) is 15.8. The molecule has 1 aromatic carbocycles. The Balaban J connectivity index is 0.00000261. The molecule has 0 saturated carbocycles. The number of hydrogen-bond acceptors (Lipinski definition) is 5. The van der Waals surface area contributed by atoms with Gasteiger partial charge < -0.3 is 20.3 Å². The van der Waals surface area contributed by atoms with Gasteiger partial charge in [0.1, 0.15) is 0 Å². The molecule has 27 heavy (non-hydrogen) atoms. The first-order valence-corrected chi connectivity index (χ1v) is 9.31. The second-order valence-corrected chi connectivity index (χ2v) is 6.90. The molecule has 8 heteroatoms. The summed E-state index contributed by atoms with van der Waals surface area (Å²) in [6.07, 6.45) is 0. The fourth-order valence-electron chi connectivity index (χ4n) is 3.27. The molecule has 1 aromatic rings. The van der Waals surface area contributed by atoms with Crippen LogP contribution < -0.4 is 10.6 Å². The highest BCUT2D eigenvalue weighted by atomic mass is 35.5. The van der Waals surface area contributed by atoms with Crippen molar-refractivity contribution in [2.75, 3.05) is 52.5 Å². The standard InChI is InChI=1S/C19H28N4O3.ClH/c1-15-12-20-6-7-23(15)14-18(24)21-13-16-2-4-17(5-3-16)19(25)22-8-10-26-11-9-22;/h2-5,15,20H,6-14H2,1H3,(H,21,24);1H/t15-;/m1./s1. The third-order valence-corrected chi connectivity index (χ3v) is 4.97. The maximum Gasteiger partial charge on any atom is 0.254 e. The third kappa shape index (κ3) is 6.17. The predicted octanol–water partition coefficient (Wildman–Crippen LogP) is 0.491. The number of rotatable bonds is 5. The molecule has 0 unspecified atom stereocenters. The number of halogens is 1. The van der Waals surface area contributed by atoms with Crippen molar-refractivity contribution in [3.8, 4) is 0 Å². The van der Waals surface area contributed by atoms with Gasteiger partial charge >= 0.3 is 0 Å². The number of carbonyl (C=O) groups excluding carboxylic acids is 2. The number of carbonyl (C=O) groups is 2. The van der Waals surface area contributed by atoms with E-state index in [2.05, 4.69) is 22.5 Å². The predicted molar refractivity (Wildman–Crippen MR) is 106 cm³/mol. The quantitative estimate of drug-likeness (QED) is 0.757. The number of benzene rings is 1.